The van der Waals surface area contributed by atoms with E-state index in [2.05, 4.69) is 62.8 Å². The summed E-state index contributed by atoms with van der Waals surface area (Å²) in [6.45, 7) is 1.59. The van der Waals surface area contributed by atoms with Crippen molar-refractivity contribution in [2.45, 2.75) is 51.6 Å². The Kier molecular flexibility index (Phi) is 8.53. The maximum Gasteiger partial charge on any atom is 0.204 e. The lowest BCUT2D eigenvalue weighted by Crippen LogP contribution is -2.03. The van der Waals surface area contributed by atoms with Crippen LogP contribution in [0.3, 0.4) is 0 Å². The van der Waals surface area contributed by atoms with Crippen molar-refractivity contribution in [1.29, 1.82) is 0 Å². The standard InChI is InChI=1S/C18H24Br2N8/c19-10-3-1-5-12-27-18(22-24-26-27)16-9-7-8-15(14-16)17-21-25-28(23-17)13-6-2-4-11-20/h7-9,14H,1-6,10-13H2. The smallest absolute Gasteiger partial charge is 0.204 e. The average Bonchev–Trinajstić information content (AvgIpc) is 3.38. The third-order valence-electron chi connectivity index (χ3n) is 4.36. The van der Waals surface area contributed by atoms with Crippen LogP contribution in [0.4, 0.5) is 0 Å². The summed E-state index contributed by atoms with van der Waals surface area (Å²) in [6, 6.07) is 7.99. The van der Waals surface area contributed by atoms with Gasteiger partial charge in [0, 0.05) is 28.3 Å². The maximum absolute atomic E-state index is 4.51. The first-order valence-electron chi connectivity index (χ1n) is 9.58. The molecule has 10 heteroatoms. The molecule has 150 valence electrons. The van der Waals surface area contributed by atoms with E-state index in [0.29, 0.717) is 5.82 Å². The van der Waals surface area contributed by atoms with Gasteiger partial charge in [-0.1, -0.05) is 62.9 Å². The molecule has 8 nitrogen and oxygen atoms in total. The molecule has 2 aromatic heterocycles. The SMILES string of the molecule is BrCCCCCn1nnc(-c2cccc(-c3nnnn3CCCCCBr)c2)n1. The topological polar surface area (TPSA) is 87.2 Å². The fourth-order valence-corrected chi connectivity index (χ4v) is 3.66. The first kappa shape index (κ1) is 21.0. The van der Waals surface area contributed by atoms with Crippen LogP contribution in [-0.4, -0.2) is 51.1 Å². The summed E-state index contributed by atoms with van der Waals surface area (Å²) < 4.78 is 1.86. The number of aryl methyl sites for hydroxylation is 2. The number of tetrazole rings is 2. The van der Waals surface area contributed by atoms with Crippen LogP contribution >= 0.6 is 31.9 Å². The molecule has 0 saturated carbocycles. The zero-order valence-electron chi connectivity index (χ0n) is 15.7. The molecular formula is C18H24Br2N8. The van der Waals surface area contributed by atoms with E-state index in [4.69, 9.17) is 0 Å². The minimum atomic E-state index is 0.624. The van der Waals surface area contributed by atoms with Crippen LogP contribution in [0.2, 0.25) is 0 Å². The highest BCUT2D eigenvalue weighted by Gasteiger charge is 2.12. The van der Waals surface area contributed by atoms with Gasteiger partial charge in [0.1, 0.15) is 0 Å². The van der Waals surface area contributed by atoms with Gasteiger partial charge in [0.2, 0.25) is 5.82 Å². The number of aromatic nitrogens is 8. The number of unbranched alkanes of at least 4 members (excludes halogenated alkanes) is 4. The van der Waals surface area contributed by atoms with Gasteiger partial charge in [-0.25, -0.2) is 4.68 Å². The molecule has 0 aliphatic rings. The van der Waals surface area contributed by atoms with Gasteiger partial charge in [-0.05, 0) is 47.4 Å². The monoisotopic (exact) mass is 510 g/mol. The Hall–Kier alpha value is -1.68. The van der Waals surface area contributed by atoms with E-state index in [9.17, 15) is 0 Å². The Morgan fingerprint density at radius 1 is 0.786 bits per heavy atom. The minimum Gasteiger partial charge on any atom is -0.225 e. The second-order valence-corrected chi connectivity index (χ2v) is 8.10. The molecule has 0 amide bonds. The van der Waals surface area contributed by atoms with Gasteiger partial charge < -0.3 is 0 Å². The number of benzene rings is 1. The van der Waals surface area contributed by atoms with Crippen LogP contribution in [-0.2, 0) is 13.1 Å². The number of nitrogens with zero attached hydrogens (tertiary/aromatic N) is 8. The molecule has 0 aliphatic heterocycles. The molecular weight excluding hydrogens is 488 g/mol. The quantitative estimate of drug-likeness (QED) is 0.268. The van der Waals surface area contributed by atoms with Crippen molar-refractivity contribution in [3.05, 3.63) is 24.3 Å². The van der Waals surface area contributed by atoms with Gasteiger partial charge in [-0.15, -0.1) is 15.3 Å². The molecule has 2 heterocycles. The van der Waals surface area contributed by atoms with Crippen molar-refractivity contribution >= 4 is 31.9 Å². The summed E-state index contributed by atoms with van der Waals surface area (Å²) in [7, 11) is 0. The Bertz CT molecular complexity index is 847. The molecule has 28 heavy (non-hydrogen) atoms. The van der Waals surface area contributed by atoms with Crippen molar-refractivity contribution < 1.29 is 0 Å². The summed E-state index contributed by atoms with van der Waals surface area (Å²) in [6.07, 6.45) is 6.71. The molecule has 0 N–H and O–H groups in total. The summed E-state index contributed by atoms with van der Waals surface area (Å²) in [4.78, 5) is 1.67. The predicted molar refractivity (Wildman–Crippen MR) is 115 cm³/mol. The summed E-state index contributed by atoms with van der Waals surface area (Å²) in [5.74, 6) is 1.39. The van der Waals surface area contributed by atoms with Crippen LogP contribution in [0.1, 0.15) is 38.5 Å². The molecule has 0 spiro atoms. The third-order valence-corrected chi connectivity index (χ3v) is 5.48. The fraction of sp³-hybridized carbons (Fsp3) is 0.556. The van der Waals surface area contributed by atoms with E-state index >= 15 is 0 Å². The van der Waals surface area contributed by atoms with E-state index in [1.165, 1.54) is 0 Å². The van der Waals surface area contributed by atoms with Gasteiger partial charge in [0.05, 0.1) is 6.54 Å². The molecule has 0 saturated heterocycles. The highest BCUT2D eigenvalue weighted by Crippen LogP contribution is 2.22. The van der Waals surface area contributed by atoms with Gasteiger partial charge >= 0.3 is 0 Å². The number of halogens is 2. The molecule has 0 bridgehead atoms. The highest BCUT2D eigenvalue weighted by molar-refractivity contribution is 9.09. The van der Waals surface area contributed by atoms with Crippen LogP contribution in [0, 0.1) is 0 Å². The van der Waals surface area contributed by atoms with Crippen molar-refractivity contribution in [1.82, 2.24) is 40.4 Å². The zero-order valence-corrected chi connectivity index (χ0v) is 18.9. The van der Waals surface area contributed by atoms with E-state index in [0.717, 1.165) is 79.2 Å². The molecule has 0 fully saturated rings. The largest absolute Gasteiger partial charge is 0.225 e. The molecule has 0 aliphatic carbocycles. The Morgan fingerprint density at radius 3 is 2.32 bits per heavy atom. The van der Waals surface area contributed by atoms with Gasteiger partial charge in [0.25, 0.3) is 0 Å². The van der Waals surface area contributed by atoms with E-state index < -0.39 is 0 Å². The summed E-state index contributed by atoms with van der Waals surface area (Å²) in [5.41, 5.74) is 1.87. The second kappa shape index (κ2) is 11.4. The van der Waals surface area contributed by atoms with Crippen LogP contribution < -0.4 is 0 Å². The molecule has 0 atom stereocenters. The third kappa shape index (κ3) is 5.91. The Balaban J connectivity index is 1.68. The van der Waals surface area contributed by atoms with E-state index in [1.54, 1.807) is 4.80 Å². The minimum absolute atomic E-state index is 0.624. The fourth-order valence-electron chi connectivity index (χ4n) is 2.87. The number of hydrogen-bond donors (Lipinski definition) is 0. The van der Waals surface area contributed by atoms with Gasteiger partial charge in [0.15, 0.2) is 5.82 Å². The number of rotatable bonds is 12. The lowest BCUT2D eigenvalue weighted by Gasteiger charge is -2.05. The van der Waals surface area contributed by atoms with Crippen molar-refractivity contribution in [2.24, 2.45) is 0 Å². The van der Waals surface area contributed by atoms with Crippen LogP contribution in [0.15, 0.2) is 24.3 Å². The normalized spacial score (nSPS) is 11.2. The molecule has 3 rings (SSSR count). The van der Waals surface area contributed by atoms with Gasteiger partial charge in [-0.3, -0.25) is 0 Å². The molecule has 0 unspecified atom stereocenters. The molecule has 3 aromatic rings. The van der Waals surface area contributed by atoms with Crippen LogP contribution in [0.25, 0.3) is 22.8 Å². The first-order chi connectivity index (χ1) is 13.8. The maximum atomic E-state index is 4.51. The average molecular weight is 512 g/mol. The van der Waals surface area contributed by atoms with Crippen molar-refractivity contribution in [3.63, 3.8) is 0 Å². The van der Waals surface area contributed by atoms with Crippen molar-refractivity contribution in [2.75, 3.05) is 10.7 Å². The number of alkyl halides is 2. The van der Waals surface area contributed by atoms with E-state index in [1.807, 2.05) is 28.9 Å². The van der Waals surface area contributed by atoms with Crippen molar-refractivity contribution in [3.8, 4) is 22.8 Å². The molecule has 1 aromatic carbocycles. The Morgan fingerprint density at radius 2 is 1.54 bits per heavy atom. The van der Waals surface area contributed by atoms with E-state index in [-0.39, 0.29) is 0 Å². The van der Waals surface area contributed by atoms with Crippen LogP contribution in [0.5, 0.6) is 0 Å². The Labute approximate surface area is 181 Å². The predicted octanol–water partition coefficient (Wildman–Crippen LogP) is 4.12. The highest BCUT2D eigenvalue weighted by atomic mass is 79.9. The zero-order chi connectivity index (χ0) is 19.6. The lowest BCUT2D eigenvalue weighted by molar-refractivity contribution is 0.487. The summed E-state index contributed by atoms with van der Waals surface area (Å²) in [5, 5.41) is 27.2. The number of hydrogen-bond acceptors (Lipinski definition) is 6. The van der Waals surface area contributed by atoms with Gasteiger partial charge in [-0.2, -0.15) is 4.80 Å². The first-order valence-corrected chi connectivity index (χ1v) is 11.8. The lowest BCUT2D eigenvalue weighted by atomic mass is 10.1. The molecule has 0 radical (unpaired) electrons. The second-order valence-electron chi connectivity index (χ2n) is 6.51. The summed E-state index contributed by atoms with van der Waals surface area (Å²) >= 11 is 6.92.